The molecule has 0 aromatic heterocycles. The van der Waals surface area contributed by atoms with Crippen LogP contribution in [0.2, 0.25) is 0 Å². The second-order valence-corrected chi connectivity index (χ2v) is 4.17. The van der Waals surface area contributed by atoms with Crippen LogP contribution in [0, 0.1) is 5.82 Å². The predicted octanol–water partition coefficient (Wildman–Crippen LogP) is 2.53. The summed E-state index contributed by atoms with van der Waals surface area (Å²) < 4.78 is 13.3. The molecule has 1 nitrogen and oxygen atoms in total. The van der Waals surface area contributed by atoms with Crippen molar-refractivity contribution in [2.24, 2.45) is 0 Å². The molecule has 70 valence electrons. The number of halogens is 1. The normalized spacial score (nSPS) is 18.7. The predicted molar refractivity (Wildman–Crippen MR) is 51.3 cm³/mol. The van der Waals surface area contributed by atoms with Gasteiger partial charge in [-0.2, -0.15) is 0 Å². The van der Waals surface area contributed by atoms with Gasteiger partial charge in [0.15, 0.2) is 0 Å². The number of benzene rings is 1. The highest BCUT2D eigenvalue weighted by atomic mass is 32.2. The maximum Gasteiger partial charge on any atom is 0.137 e. The zero-order valence-corrected chi connectivity index (χ0v) is 8.20. The van der Waals surface area contributed by atoms with E-state index in [-0.39, 0.29) is 5.82 Å². The molecular weight excluding hydrogens is 187 g/mol. The van der Waals surface area contributed by atoms with Crippen molar-refractivity contribution in [3.8, 4) is 0 Å². The topological polar surface area (TPSA) is 20.2 Å². The fraction of sp³-hybridized carbons (Fsp3) is 0.400. The molecule has 0 bridgehead atoms. The van der Waals surface area contributed by atoms with Crippen molar-refractivity contribution in [3.05, 3.63) is 29.6 Å². The van der Waals surface area contributed by atoms with Crippen molar-refractivity contribution in [1.82, 2.24) is 0 Å². The Morgan fingerprint density at radius 3 is 2.69 bits per heavy atom. The van der Waals surface area contributed by atoms with Crippen molar-refractivity contribution in [2.75, 3.05) is 6.26 Å². The fourth-order valence-electron chi connectivity index (χ4n) is 1.47. The molecular formula is C10H11FOS. The van der Waals surface area contributed by atoms with Crippen LogP contribution in [0.25, 0.3) is 0 Å². The van der Waals surface area contributed by atoms with Crippen LogP contribution >= 0.6 is 11.8 Å². The molecule has 13 heavy (non-hydrogen) atoms. The summed E-state index contributed by atoms with van der Waals surface area (Å²) in [5.41, 5.74) is 0.0143. The van der Waals surface area contributed by atoms with Crippen molar-refractivity contribution >= 4 is 11.8 Å². The van der Waals surface area contributed by atoms with Crippen molar-refractivity contribution in [1.29, 1.82) is 0 Å². The van der Waals surface area contributed by atoms with Gasteiger partial charge in [0.2, 0.25) is 0 Å². The van der Waals surface area contributed by atoms with E-state index >= 15 is 0 Å². The molecule has 0 amide bonds. The van der Waals surface area contributed by atoms with Crippen LogP contribution in [0.3, 0.4) is 0 Å². The SMILES string of the molecule is CSc1c(F)cccc1C1(O)CC1. The molecule has 1 N–H and O–H groups in total. The summed E-state index contributed by atoms with van der Waals surface area (Å²) in [4.78, 5) is 0.586. The minimum Gasteiger partial charge on any atom is -0.385 e. The van der Waals surface area contributed by atoms with Gasteiger partial charge in [-0.15, -0.1) is 11.8 Å². The maximum atomic E-state index is 13.3. The third-order valence-corrected chi connectivity index (χ3v) is 3.22. The van der Waals surface area contributed by atoms with Crippen LogP contribution in [0.4, 0.5) is 4.39 Å². The summed E-state index contributed by atoms with van der Waals surface area (Å²) >= 11 is 1.35. The van der Waals surface area contributed by atoms with Gasteiger partial charge in [-0.25, -0.2) is 4.39 Å². The molecule has 1 aliphatic carbocycles. The van der Waals surface area contributed by atoms with E-state index in [1.54, 1.807) is 6.07 Å². The van der Waals surface area contributed by atoms with Crippen LogP contribution in [0.5, 0.6) is 0 Å². The summed E-state index contributed by atoms with van der Waals surface area (Å²) in [6, 6.07) is 4.89. The minimum absolute atomic E-state index is 0.231. The minimum atomic E-state index is -0.736. The molecule has 2 rings (SSSR count). The molecule has 0 radical (unpaired) electrons. The van der Waals surface area contributed by atoms with Gasteiger partial charge >= 0.3 is 0 Å². The summed E-state index contributed by atoms with van der Waals surface area (Å²) in [6.45, 7) is 0. The first-order chi connectivity index (χ1) is 6.17. The summed E-state index contributed by atoms with van der Waals surface area (Å²) in [5.74, 6) is -0.231. The number of hydrogen-bond acceptors (Lipinski definition) is 2. The maximum absolute atomic E-state index is 13.3. The van der Waals surface area contributed by atoms with E-state index < -0.39 is 5.60 Å². The largest absolute Gasteiger partial charge is 0.385 e. The van der Waals surface area contributed by atoms with Gasteiger partial charge in [0.05, 0.1) is 5.60 Å². The highest BCUT2D eigenvalue weighted by Gasteiger charge is 2.43. The van der Waals surface area contributed by atoms with Crippen LogP contribution in [-0.4, -0.2) is 11.4 Å². The Hall–Kier alpha value is -0.540. The average Bonchev–Trinajstić information content (AvgIpc) is 2.85. The zero-order chi connectivity index (χ0) is 9.47. The monoisotopic (exact) mass is 198 g/mol. The Morgan fingerprint density at radius 2 is 2.15 bits per heavy atom. The summed E-state index contributed by atoms with van der Waals surface area (Å²) in [7, 11) is 0. The average molecular weight is 198 g/mol. The Kier molecular flexibility index (Phi) is 2.08. The van der Waals surface area contributed by atoms with Crippen molar-refractivity contribution in [2.45, 2.75) is 23.3 Å². The Labute approximate surface area is 81.0 Å². The Balaban J connectivity index is 2.50. The first-order valence-electron chi connectivity index (χ1n) is 4.23. The number of aliphatic hydroxyl groups is 1. The fourth-order valence-corrected chi connectivity index (χ4v) is 2.21. The van der Waals surface area contributed by atoms with E-state index in [0.717, 1.165) is 18.4 Å². The van der Waals surface area contributed by atoms with Gasteiger partial charge in [0, 0.05) is 10.5 Å². The molecule has 1 aliphatic rings. The van der Waals surface area contributed by atoms with Gasteiger partial charge < -0.3 is 5.11 Å². The van der Waals surface area contributed by atoms with Gasteiger partial charge in [0.25, 0.3) is 0 Å². The second kappa shape index (κ2) is 3.00. The molecule has 3 heteroatoms. The Bertz CT molecular complexity index is 334. The lowest BCUT2D eigenvalue weighted by Gasteiger charge is -2.12. The number of hydrogen-bond donors (Lipinski definition) is 1. The second-order valence-electron chi connectivity index (χ2n) is 3.35. The third kappa shape index (κ3) is 1.46. The summed E-state index contributed by atoms with van der Waals surface area (Å²) in [5, 5.41) is 9.86. The van der Waals surface area contributed by atoms with Crippen LogP contribution in [0.15, 0.2) is 23.1 Å². The molecule has 1 fully saturated rings. The first-order valence-corrected chi connectivity index (χ1v) is 5.45. The third-order valence-electron chi connectivity index (χ3n) is 2.40. The number of rotatable bonds is 2. The highest BCUT2D eigenvalue weighted by molar-refractivity contribution is 7.98. The highest BCUT2D eigenvalue weighted by Crippen LogP contribution is 2.48. The molecule has 0 aliphatic heterocycles. The van der Waals surface area contributed by atoms with E-state index in [4.69, 9.17) is 0 Å². The van der Waals surface area contributed by atoms with Gasteiger partial charge in [-0.05, 0) is 25.2 Å². The van der Waals surface area contributed by atoms with E-state index in [1.807, 2.05) is 12.3 Å². The van der Waals surface area contributed by atoms with Crippen LogP contribution in [0.1, 0.15) is 18.4 Å². The van der Waals surface area contributed by atoms with Crippen molar-refractivity contribution < 1.29 is 9.50 Å². The van der Waals surface area contributed by atoms with E-state index in [1.165, 1.54) is 17.8 Å². The van der Waals surface area contributed by atoms with Crippen LogP contribution in [-0.2, 0) is 5.60 Å². The molecule has 0 unspecified atom stereocenters. The lowest BCUT2D eigenvalue weighted by Crippen LogP contribution is -2.06. The van der Waals surface area contributed by atoms with Gasteiger partial charge in [-0.1, -0.05) is 12.1 Å². The zero-order valence-electron chi connectivity index (χ0n) is 7.38. The smallest absolute Gasteiger partial charge is 0.137 e. The molecule has 0 saturated heterocycles. The van der Waals surface area contributed by atoms with Crippen LogP contribution < -0.4 is 0 Å². The molecule has 0 heterocycles. The quantitative estimate of drug-likeness (QED) is 0.737. The molecule has 1 aromatic carbocycles. The summed E-state index contributed by atoms with van der Waals surface area (Å²) in [6.07, 6.45) is 3.33. The Morgan fingerprint density at radius 1 is 1.46 bits per heavy atom. The lowest BCUT2D eigenvalue weighted by atomic mass is 10.1. The van der Waals surface area contributed by atoms with E-state index in [0.29, 0.717) is 4.90 Å². The van der Waals surface area contributed by atoms with Gasteiger partial charge in [0.1, 0.15) is 5.82 Å². The first kappa shape index (κ1) is 9.03. The molecule has 0 atom stereocenters. The standard InChI is InChI=1S/C10H11FOS/c1-13-9-7(10(12)5-6-10)3-2-4-8(9)11/h2-4,12H,5-6H2,1H3. The van der Waals surface area contributed by atoms with E-state index in [2.05, 4.69) is 0 Å². The van der Waals surface area contributed by atoms with Crippen molar-refractivity contribution in [3.63, 3.8) is 0 Å². The molecule has 1 aromatic rings. The van der Waals surface area contributed by atoms with Gasteiger partial charge in [-0.3, -0.25) is 0 Å². The molecule has 1 saturated carbocycles. The lowest BCUT2D eigenvalue weighted by molar-refractivity contribution is 0.147. The molecule has 0 spiro atoms. The van der Waals surface area contributed by atoms with E-state index in [9.17, 15) is 9.50 Å². The number of thioether (sulfide) groups is 1.